The van der Waals surface area contributed by atoms with Gasteiger partial charge in [0.2, 0.25) is 0 Å². The summed E-state index contributed by atoms with van der Waals surface area (Å²) < 4.78 is 40.3. The molecule has 0 spiro atoms. The third kappa shape index (κ3) is 4.61. The number of alkyl halides is 4. The lowest BCUT2D eigenvalue weighted by atomic mass is 9.82. The molecule has 1 aromatic carbocycles. The SMILES string of the molecule is CC1(C)C(=O)N(c2ccc(C#N)c(C(F)(F)F)c2)C(=S)N1C1CCC(CCCBr)CC1. The molecule has 1 aliphatic heterocycles. The molecule has 1 saturated heterocycles. The van der Waals surface area contributed by atoms with Crippen LogP contribution in [0.5, 0.6) is 0 Å². The molecule has 0 N–H and O–H groups in total. The van der Waals surface area contributed by atoms with Crippen molar-refractivity contribution in [3.63, 3.8) is 0 Å². The van der Waals surface area contributed by atoms with Crippen molar-refractivity contribution >= 4 is 44.9 Å². The van der Waals surface area contributed by atoms with Crippen molar-refractivity contribution < 1.29 is 18.0 Å². The van der Waals surface area contributed by atoms with E-state index in [1.165, 1.54) is 17.4 Å². The zero-order valence-corrected chi connectivity index (χ0v) is 19.9. The number of carbonyl (C=O) groups excluding carboxylic acids is 1. The predicted octanol–water partition coefficient (Wildman–Crippen LogP) is 6.02. The highest BCUT2D eigenvalue weighted by atomic mass is 79.9. The Kier molecular flexibility index (Phi) is 7.02. The molecule has 168 valence electrons. The minimum Gasteiger partial charge on any atom is -0.331 e. The number of thiocarbonyl (C=S) groups is 1. The van der Waals surface area contributed by atoms with Gasteiger partial charge in [-0.2, -0.15) is 18.4 Å². The highest BCUT2D eigenvalue weighted by Crippen LogP contribution is 2.41. The number of halogens is 4. The maximum Gasteiger partial charge on any atom is 0.417 e. The van der Waals surface area contributed by atoms with E-state index in [-0.39, 0.29) is 22.7 Å². The van der Waals surface area contributed by atoms with Crippen LogP contribution in [0.2, 0.25) is 0 Å². The normalized spacial score (nSPS) is 23.9. The van der Waals surface area contributed by atoms with Crippen LogP contribution in [0.25, 0.3) is 0 Å². The summed E-state index contributed by atoms with van der Waals surface area (Å²) in [5.41, 5.74) is -2.45. The van der Waals surface area contributed by atoms with E-state index in [1.807, 2.05) is 4.90 Å². The molecule has 0 unspecified atom stereocenters. The van der Waals surface area contributed by atoms with Crippen LogP contribution in [0.15, 0.2) is 18.2 Å². The minimum atomic E-state index is -4.70. The number of anilines is 1. The standard InChI is InChI=1S/C22H25BrF3N3OS/c1-21(2)19(30)28(17-10-7-15(13-27)18(12-17)22(24,25)26)20(31)29(21)16-8-5-14(6-9-16)4-3-11-23/h7,10,12,14,16H,3-6,8-9,11H2,1-2H3. The Hall–Kier alpha value is -1.66. The van der Waals surface area contributed by atoms with Crippen molar-refractivity contribution in [3.05, 3.63) is 29.3 Å². The molecule has 2 aliphatic rings. The number of benzene rings is 1. The number of amides is 1. The Labute approximate surface area is 194 Å². The predicted molar refractivity (Wildman–Crippen MR) is 121 cm³/mol. The van der Waals surface area contributed by atoms with E-state index >= 15 is 0 Å². The maximum atomic E-state index is 13.4. The summed E-state index contributed by atoms with van der Waals surface area (Å²) in [7, 11) is 0. The fraction of sp³-hybridized carbons (Fsp3) is 0.591. The monoisotopic (exact) mass is 515 g/mol. The number of hydrogen-bond acceptors (Lipinski definition) is 3. The van der Waals surface area contributed by atoms with Gasteiger partial charge in [0, 0.05) is 11.4 Å². The molecule has 1 heterocycles. The molecule has 9 heteroatoms. The summed E-state index contributed by atoms with van der Waals surface area (Å²) in [5, 5.41) is 10.3. The first-order valence-electron chi connectivity index (χ1n) is 10.4. The molecule has 0 atom stereocenters. The lowest BCUT2D eigenvalue weighted by Gasteiger charge is -2.41. The number of hydrogen-bond donors (Lipinski definition) is 0. The first-order valence-corrected chi connectivity index (χ1v) is 11.9. The van der Waals surface area contributed by atoms with Gasteiger partial charge in [0.1, 0.15) is 5.54 Å². The van der Waals surface area contributed by atoms with Crippen LogP contribution in [0.1, 0.15) is 63.5 Å². The quantitative estimate of drug-likeness (QED) is 0.355. The van der Waals surface area contributed by atoms with Gasteiger partial charge in [0.25, 0.3) is 5.91 Å². The fourth-order valence-corrected chi connectivity index (χ4v) is 5.60. The lowest BCUT2D eigenvalue weighted by molar-refractivity contribution is -0.137. The van der Waals surface area contributed by atoms with Crippen LogP contribution >= 0.6 is 28.1 Å². The van der Waals surface area contributed by atoms with E-state index in [0.717, 1.165) is 49.6 Å². The second-order valence-corrected chi connectivity index (χ2v) is 9.86. The van der Waals surface area contributed by atoms with Crippen LogP contribution in [0, 0.1) is 17.2 Å². The molecule has 1 aromatic rings. The van der Waals surface area contributed by atoms with E-state index in [4.69, 9.17) is 17.5 Å². The second-order valence-electron chi connectivity index (χ2n) is 8.70. The first kappa shape index (κ1) is 24.0. The Morgan fingerprint density at radius 3 is 2.45 bits per heavy atom. The largest absolute Gasteiger partial charge is 0.417 e. The summed E-state index contributed by atoms with van der Waals surface area (Å²) in [4.78, 5) is 16.4. The highest BCUT2D eigenvalue weighted by molar-refractivity contribution is 9.09. The highest BCUT2D eigenvalue weighted by Gasteiger charge is 2.52. The van der Waals surface area contributed by atoms with Crippen molar-refractivity contribution in [2.24, 2.45) is 5.92 Å². The van der Waals surface area contributed by atoms with Crippen LogP contribution in [0.3, 0.4) is 0 Å². The van der Waals surface area contributed by atoms with Gasteiger partial charge >= 0.3 is 6.18 Å². The van der Waals surface area contributed by atoms with Crippen LogP contribution in [-0.2, 0) is 11.0 Å². The lowest BCUT2D eigenvalue weighted by Crippen LogP contribution is -2.51. The number of carbonyl (C=O) groups is 1. The molecule has 3 rings (SSSR count). The van der Waals surface area contributed by atoms with Gasteiger partial charge in [-0.1, -0.05) is 15.9 Å². The van der Waals surface area contributed by atoms with Gasteiger partial charge in [-0.25, -0.2) is 0 Å². The number of nitriles is 1. The van der Waals surface area contributed by atoms with Crippen molar-refractivity contribution in [2.75, 3.05) is 10.2 Å². The zero-order chi connectivity index (χ0) is 23.0. The molecule has 1 saturated carbocycles. The molecule has 0 aromatic heterocycles. The number of rotatable bonds is 5. The summed E-state index contributed by atoms with van der Waals surface area (Å²) >= 11 is 9.10. The molecule has 1 amide bonds. The summed E-state index contributed by atoms with van der Waals surface area (Å²) in [6.45, 7) is 3.54. The van der Waals surface area contributed by atoms with Crippen LogP contribution in [-0.4, -0.2) is 32.8 Å². The van der Waals surface area contributed by atoms with Gasteiger partial charge in [0.05, 0.1) is 22.9 Å². The molecule has 4 nitrogen and oxygen atoms in total. The molecular formula is C22H25BrF3N3OS. The zero-order valence-electron chi connectivity index (χ0n) is 17.5. The average molecular weight is 516 g/mol. The van der Waals surface area contributed by atoms with Gasteiger partial charge < -0.3 is 4.90 Å². The van der Waals surface area contributed by atoms with Crippen molar-refractivity contribution in [2.45, 2.75) is 70.1 Å². The minimum absolute atomic E-state index is 0.0444. The third-order valence-corrected chi connectivity index (χ3v) is 7.28. The van der Waals surface area contributed by atoms with Gasteiger partial charge in [0.15, 0.2) is 5.11 Å². The average Bonchev–Trinajstić information content (AvgIpc) is 2.90. The van der Waals surface area contributed by atoms with E-state index in [9.17, 15) is 18.0 Å². The summed E-state index contributed by atoms with van der Waals surface area (Å²) in [5.74, 6) is 0.310. The molecule has 2 fully saturated rings. The smallest absolute Gasteiger partial charge is 0.331 e. The van der Waals surface area contributed by atoms with Crippen molar-refractivity contribution in [1.82, 2.24) is 4.90 Å². The van der Waals surface area contributed by atoms with Gasteiger partial charge in [-0.05, 0) is 88.7 Å². The Balaban J connectivity index is 1.88. The Bertz CT molecular complexity index is 904. The van der Waals surface area contributed by atoms with Crippen molar-refractivity contribution in [1.29, 1.82) is 5.26 Å². The van der Waals surface area contributed by atoms with Crippen LogP contribution in [0.4, 0.5) is 18.9 Å². The molecule has 0 radical (unpaired) electrons. The molecular weight excluding hydrogens is 491 g/mol. The fourth-order valence-electron chi connectivity index (χ4n) is 4.71. The van der Waals surface area contributed by atoms with E-state index in [0.29, 0.717) is 5.92 Å². The van der Waals surface area contributed by atoms with Gasteiger partial charge in [-0.15, -0.1) is 0 Å². The third-order valence-electron chi connectivity index (χ3n) is 6.34. The van der Waals surface area contributed by atoms with Crippen molar-refractivity contribution in [3.8, 4) is 6.07 Å². The topological polar surface area (TPSA) is 47.3 Å². The van der Waals surface area contributed by atoms with E-state index in [2.05, 4.69) is 15.9 Å². The Morgan fingerprint density at radius 2 is 1.90 bits per heavy atom. The molecule has 1 aliphatic carbocycles. The molecule has 31 heavy (non-hydrogen) atoms. The number of nitrogens with zero attached hydrogens (tertiary/aromatic N) is 3. The Morgan fingerprint density at radius 1 is 1.26 bits per heavy atom. The first-order chi connectivity index (χ1) is 14.5. The maximum absolute atomic E-state index is 13.4. The molecule has 0 bridgehead atoms. The summed E-state index contributed by atoms with van der Waals surface area (Å²) in [6.07, 6.45) is 1.51. The second kappa shape index (κ2) is 9.07. The van der Waals surface area contributed by atoms with E-state index in [1.54, 1.807) is 19.9 Å². The van der Waals surface area contributed by atoms with Crippen LogP contribution < -0.4 is 4.90 Å². The van der Waals surface area contributed by atoms with Gasteiger partial charge in [-0.3, -0.25) is 9.69 Å². The van der Waals surface area contributed by atoms with E-state index < -0.39 is 22.8 Å². The summed E-state index contributed by atoms with van der Waals surface area (Å²) in [6, 6.07) is 4.95.